The minimum Gasteiger partial charge on any atom is -0.465 e. The van der Waals surface area contributed by atoms with Crippen LogP contribution >= 0.6 is 0 Å². The fraction of sp³-hybridized carbons (Fsp3) is 0.273. The van der Waals surface area contributed by atoms with E-state index in [-0.39, 0.29) is 5.97 Å². The fourth-order valence-electron chi connectivity index (χ4n) is 1.48. The number of esters is 1. The zero-order chi connectivity index (χ0) is 10.8. The van der Waals surface area contributed by atoms with Gasteiger partial charge in [-0.2, -0.15) is 5.10 Å². The first-order valence-corrected chi connectivity index (χ1v) is 4.80. The minimum atomic E-state index is -0.318. The van der Waals surface area contributed by atoms with E-state index in [0.29, 0.717) is 5.56 Å². The standard InChI is InChI=1S/C11H12N2O2/c1-3-13-7-9-6-8(11(14)15-2)4-5-10(9)12-13/h4-7H,3H2,1-2H3. The highest BCUT2D eigenvalue weighted by Gasteiger charge is 2.07. The number of carbonyl (C=O) groups excluding carboxylic acids is 1. The summed E-state index contributed by atoms with van der Waals surface area (Å²) in [5, 5.41) is 5.28. The van der Waals surface area contributed by atoms with E-state index < -0.39 is 0 Å². The van der Waals surface area contributed by atoms with Crippen LogP contribution in [0.2, 0.25) is 0 Å². The summed E-state index contributed by atoms with van der Waals surface area (Å²) >= 11 is 0. The summed E-state index contributed by atoms with van der Waals surface area (Å²) in [4.78, 5) is 11.3. The molecule has 0 aliphatic rings. The van der Waals surface area contributed by atoms with Crippen LogP contribution < -0.4 is 0 Å². The molecule has 1 heterocycles. The maximum Gasteiger partial charge on any atom is 0.337 e. The SMILES string of the molecule is CCn1cc2cc(C(=O)OC)ccc2n1. The lowest BCUT2D eigenvalue weighted by molar-refractivity contribution is 0.0601. The molecule has 0 radical (unpaired) electrons. The Morgan fingerprint density at radius 3 is 3.00 bits per heavy atom. The van der Waals surface area contributed by atoms with Crippen molar-refractivity contribution in [2.24, 2.45) is 0 Å². The van der Waals surface area contributed by atoms with Crippen molar-refractivity contribution in [3.63, 3.8) is 0 Å². The smallest absolute Gasteiger partial charge is 0.337 e. The number of rotatable bonds is 2. The van der Waals surface area contributed by atoms with Crippen LogP contribution in [0, 0.1) is 0 Å². The van der Waals surface area contributed by atoms with Gasteiger partial charge in [0.25, 0.3) is 0 Å². The number of hydrogen-bond donors (Lipinski definition) is 0. The molecule has 0 fully saturated rings. The molecule has 0 atom stereocenters. The topological polar surface area (TPSA) is 44.1 Å². The van der Waals surface area contributed by atoms with Crippen LogP contribution in [0.25, 0.3) is 10.9 Å². The second-order valence-electron chi connectivity index (χ2n) is 3.25. The van der Waals surface area contributed by atoms with Crippen molar-refractivity contribution in [3.8, 4) is 0 Å². The van der Waals surface area contributed by atoms with Crippen molar-refractivity contribution in [3.05, 3.63) is 30.0 Å². The maximum atomic E-state index is 11.3. The van der Waals surface area contributed by atoms with E-state index in [2.05, 4.69) is 9.84 Å². The van der Waals surface area contributed by atoms with Gasteiger partial charge >= 0.3 is 5.97 Å². The molecule has 4 heteroatoms. The van der Waals surface area contributed by atoms with Crippen LogP contribution in [0.1, 0.15) is 17.3 Å². The Labute approximate surface area is 87.5 Å². The number of nitrogens with zero attached hydrogens (tertiary/aromatic N) is 2. The first-order valence-electron chi connectivity index (χ1n) is 4.80. The molecular weight excluding hydrogens is 192 g/mol. The van der Waals surface area contributed by atoms with E-state index in [9.17, 15) is 4.79 Å². The Kier molecular flexibility index (Phi) is 2.41. The first-order chi connectivity index (χ1) is 7.24. The third-order valence-corrected chi connectivity index (χ3v) is 2.30. The Balaban J connectivity index is 2.50. The first kappa shape index (κ1) is 9.71. The number of carbonyl (C=O) groups is 1. The number of fused-ring (bicyclic) bond motifs is 1. The molecule has 0 amide bonds. The fourth-order valence-corrected chi connectivity index (χ4v) is 1.48. The van der Waals surface area contributed by atoms with Gasteiger partial charge in [0, 0.05) is 18.1 Å². The van der Waals surface area contributed by atoms with Gasteiger partial charge in [-0.15, -0.1) is 0 Å². The van der Waals surface area contributed by atoms with Gasteiger partial charge < -0.3 is 4.74 Å². The van der Waals surface area contributed by atoms with Gasteiger partial charge in [0.05, 0.1) is 18.2 Å². The highest BCUT2D eigenvalue weighted by molar-refractivity contribution is 5.94. The zero-order valence-electron chi connectivity index (χ0n) is 8.73. The average molecular weight is 204 g/mol. The number of aromatic nitrogens is 2. The van der Waals surface area contributed by atoms with Crippen LogP contribution in [0.3, 0.4) is 0 Å². The van der Waals surface area contributed by atoms with Gasteiger partial charge in [-0.1, -0.05) is 0 Å². The zero-order valence-corrected chi connectivity index (χ0v) is 8.73. The van der Waals surface area contributed by atoms with Crippen molar-refractivity contribution in [2.45, 2.75) is 13.5 Å². The predicted molar refractivity (Wildman–Crippen MR) is 56.7 cm³/mol. The second kappa shape index (κ2) is 3.73. The van der Waals surface area contributed by atoms with Gasteiger partial charge in [-0.3, -0.25) is 4.68 Å². The average Bonchev–Trinajstić information content (AvgIpc) is 2.69. The molecule has 15 heavy (non-hydrogen) atoms. The van der Waals surface area contributed by atoms with E-state index in [1.807, 2.05) is 23.9 Å². The highest BCUT2D eigenvalue weighted by atomic mass is 16.5. The quantitative estimate of drug-likeness (QED) is 0.701. The number of hydrogen-bond acceptors (Lipinski definition) is 3. The molecule has 0 N–H and O–H groups in total. The summed E-state index contributed by atoms with van der Waals surface area (Å²) in [6.45, 7) is 2.84. The van der Waals surface area contributed by atoms with Crippen LogP contribution in [0.4, 0.5) is 0 Å². The molecule has 0 saturated carbocycles. The molecule has 2 rings (SSSR count). The van der Waals surface area contributed by atoms with Gasteiger partial charge in [-0.25, -0.2) is 4.79 Å². The van der Waals surface area contributed by atoms with E-state index in [1.165, 1.54) is 7.11 Å². The van der Waals surface area contributed by atoms with Gasteiger partial charge in [0.15, 0.2) is 0 Å². The second-order valence-corrected chi connectivity index (χ2v) is 3.25. The molecule has 0 bridgehead atoms. The highest BCUT2D eigenvalue weighted by Crippen LogP contribution is 2.15. The Morgan fingerprint density at radius 1 is 1.53 bits per heavy atom. The van der Waals surface area contributed by atoms with Gasteiger partial charge in [0.2, 0.25) is 0 Å². The molecule has 4 nitrogen and oxygen atoms in total. The van der Waals surface area contributed by atoms with E-state index in [4.69, 9.17) is 0 Å². The predicted octanol–water partition coefficient (Wildman–Crippen LogP) is 1.84. The van der Waals surface area contributed by atoms with Crippen molar-refractivity contribution in [1.82, 2.24) is 9.78 Å². The van der Waals surface area contributed by atoms with Crippen molar-refractivity contribution >= 4 is 16.9 Å². The minimum absolute atomic E-state index is 0.318. The number of methoxy groups -OCH3 is 1. The lowest BCUT2D eigenvalue weighted by atomic mass is 10.2. The Morgan fingerprint density at radius 2 is 2.33 bits per heavy atom. The van der Waals surface area contributed by atoms with Crippen LogP contribution in [-0.2, 0) is 11.3 Å². The molecule has 0 saturated heterocycles. The maximum absolute atomic E-state index is 11.3. The van der Waals surface area contributed by atoms with Crippen molar-refractivity contribution in [1.29, 1.82) is 0 Å². The molecule has 0 aliphatic carbocycles. The summed E-state index contributed by atoms with van der Waals surface area (Å²) < 4.78 is 6.49. The van der Waals surface area contributed by atoms with Gasteiger partial charge in [-0.05, 0) is 25.1 Å². The summed E-state index contributed by atoms with van der Waals surface area (Å²) in [5.74, 6) is -0.318. The Hall–Kier alpha value is -1.84. The normalized spacial score (nSPS) is 10.5. The number of ether oxygens (including phenoxy) is 1. The molecule has 1 aromatic heterocycles. The third-order valence-electron chi connectivity index (χ3n) is 2.30. The Bertz CT molecular complexity index is 502. The lowest BCUT2D eigenvalue weighted by Gasteiger charge is -1.97. The van der Waals surface area contributed by atoms with E-state index in [0.717, 1.165) is 17.4 Å². The summed E-state index contributed by atoms with van der Waals surface area (Å²) in [6.07, 6.45) is 1.92. The third kappa shape index (κ3) is 1.70. The van der Waals surface area contributed by atoms with Crippen molar-refractivity contribution in [2.75, 3.05) is 7.11 Å². The molecule has 0 spiro atoms. The molecular formula is C11H12N2O2. The van der Waals surface area contributed by atoms with Crippen LogP contribution in [-0.4, -0.2) is 22.9 Å². The summed E-state index contributed by atoms with van der Waals surface area (Å²) in [5.41, 5.74) is 1.45. The molecule has 2 aromatic rings. The molecule has 78 valence electrons. The number of aryl methyl sites for hydroxylation is 1. The van der Waals surface area contributed by atoms with Crippen LogP contribution in [0.5, 0.6) is 0 Å². The molecule has 0 unspecified atom stereocenters. The largest absolute Gasteiger partial charge is 0.465 e. The van der Waals surface area contributed by atoms with E-state index in [1.54, 1.807) is 12.1 Å². The summed E-state index contributed by atoms with van der Waals surface area (Å²) in [7, 11) is 1.38. The summed E-state index contributed by atoms with van der Waals surface area (Å²) in [6, 6.07) is 5.34. The van der Waals surface area contributed by atoms with E-state index >= 15 is 0 Å². The van der Waals surface area contributed by atoms with Gasteiger partial charge in [0.1, 0.15) is 0 Å². The molecule has 1 aromatic carbocycles. The van der Waals surface area contributed by atoms with Crippen molar-refractivity contribution < 1.29 is 9.53 Å². The number of benzene rings is 1. The molecule has 0 aliphatic heterocycles. The monoisotopic (exact) mass is 204 g/mol. The lowest BCUT2D eigenvalue weighted by Crippen LogP contribution is -2.00. The van der Waals surface area contributed by atoms with Crippen LogP contribution in [0.15, 0.2) is 24.4 Å².